The average molecular weight is 245 g/mol. The van der Waals surface area contributed by atoms with Gasteiger partial charge in [0.15, 0.2) is 0 Å². The van der Waals surface area contributed by atoms with Crippen LogP contribution in [0.3, 0.4) is 0 Å². The van der Waals surface area contributed by atoms with Crippen LogP contribution in [0.1, 0.15) is 19.3 Å². The molecular formula is C11H10Cl2O2. The summed E-state index contributed by atoms with van der Waals surface area (Å²) in [4.78, 5) is 11.0. The fourth-order valence-electron chi connectivity index (χ4n) is 1.63. The normalized spacial score (nSPS) is 20.7. The topological polar surface area (TPSA) is 26.3 Å². The van der Waals surface area contributed by atoms with Crippen LogP contribution < -0.4 is 4.74 Å². The summed E-state index contributed by atoms with van der Waals surface area (Å²) in [6, 6.07) is 5.09. The highest BCUT2D eigenvalue weighted by Crippen LogP contribution is 2.30. The molecule has 1 fully saturated rings. The molecule has 0 saturated heterocycles. The molecule has 0 aliphatic heterocycles. The van der Waals surface area contributed by atoms with Crippen LogP contribution in [0.15, 0.2) is 18.2 Å². The molecule has 0 aromatic heterocycles. The minimum absolute atomic E-state index is 0.0313. The number of benzene rings is 1. The van der Waals surface area contributed by atoms with Crippen LogP contribution in [0.4, 0.5) is 0 Å². The molecule has 1 atom stereocenters. The second-order valence-corrected chi connectivity index (χ2v) is 4.44. The van der Waals surface area contributed by atoms with Crippen LogP contribution in [-0.4, -0.2) is 11.9 Å². The van der Waals surface area contributed by atoms with E-state index >= 15 is 0 Å². The van der Waals surface area contributed by atoms with Crippen molar-refractivity contribution < 1.29 is 9.53 Å². The van der Waals surface area contributed by atoms with Gasteiger partial charge in [-0.3, -0.25) is 4.79 Å². The van der Waals surface area contributed by atoms with E-state index in [0.29, 0.717) is 28.6 Å². The summed E-state index contributed by atoms with van der Waals surface area (Å²) in [5.41, 5.74) is 0. The first-order valence-electron chi connectivity index (χ1n) is 4.78. The molecule has 4 heteroatoms. The van der Waals surface area contributed by atoms with E-state index in [1.807, 2.05) is 0 Å². The van der Waals surface area contributed by atoms with E-state index in [9.17, 15) is 4.79 Å². The second kappa shape index (κ2) is 4.42. The molecule has 0 spiro atoms. The minimum Gasteiger partial charge on any atom is -0.488 e. The van der Waals surface area contributed by atoms with E-state index in [1.54, 1.807) is 18.2 Å². The van der Waals surface area contributed by atoms with Gasteiger partial charge in [0, 0.05) is 17.9 Å². The Balaban J connectivity index is 2.07. The first-order valence-corrected chi connectivity index (χ1v) is 5.54. The number of carbonyl (C=O) groups excluding carboxylic acids is 1. The van der Waals surface area contributed by atoms with Gasteiger partial charge in [0.05, 0.1) is 5.02 Å². The van der Waals surface area contributed by atoms with Gasteiger partial charge in [-0.2, -0.15) is 0 Å². The van der Waals surface area contributed by atoms with Crippen molar-refractivity contribution in [3.05, 3.63) is 28.2 Å². The van der Waals surface area contributed by atoms with Crippen LogP contribution in [0.5, 0.6) is 5.75 Å². The largest absolute Gasteiger partial charge is 0.488 e. The van der Waals surface area contributed by atoms with Gasteiger partial charge in [0.1, 0.15) is 17.6 Å². The molecule has 0 radical (unpaired) electrons. The van der Waals surface area contributed by atoms with Crippen molar-refractivity contribution in [1.82, 2.24) is 0 Å². The Labute approximate surface area is 98.1 Å². The molecule has 1 saturated carbocycles. The first-order chi connectivity index (χ1) is 7.15. The second-order valence-electron chi connectivity index (χ2n) is 3.60. The molecule has 15 heavy (non-hydrogen) atoms. The van der Waals surface area contributed by atoms with Crippen molar-refractivity contribution in [3.8, 4) is 5.75 Å². The summed E-state index contributed by atoms with van der Waals surface area (Å²) >= 11 is 11.7. The maximum absolute atomic E-state index is 11.0. The van der Waals surface area contributed by atoms with Crippen LogP contribution in [0.25, 0.3) is 0 Å². The van der Waals surface area contributed by atoms with Gasteiger partial charge < -0.3 is 4.74 Å². The van der Waals surface area contributed by atoms with Crippen molar-refractivity contribution in [2.45, 2.75) is 25.4 Å². The molecule has 0 bridgehead atoms. The highest BCUT2D eigenvalue weighted by atomic mass is 35.5. The lowest BCUT2D eigenvalue weighted by atomic mass is 10.3. The molecule has 1 unspecified atom stereocenters. The number of ether oxygens (including phenoxy) is 1. The summed E-state index contributed by atoms with van der Waals surface area (Å²) in [6.45, 7) is 0. The zero-order valence-electron chi connectivity index (χ0n) is 8.00. The van der Waals surface area contributed by atoms with Crippen molar-refractivity contribution >= 4 is 29.0 Å². The number of ketones is 1. The van der Waals surface area contributed by atoms with E-state index in [2.05, 4.69) is 0 Å². The highest BCUT2D eigenvalue weighted by molar-refractivity contribution is 6.35. The zero-order chi connectivity index (χ0) is 10.8. The van der Waals surface area contributed by atoms with Crippen LogP contribution >= 0.6 is 23.2 Å². The Morgan fingerprint density at radius 3 is 2.73 bits per heavy atom. The van der Waals surface area contributed by atoms with E-state index in [1.165, 1.54) is 0 Å². The van der Waals surface area contributed by atoms with E-state index in [4.69, 9.17) is 27.9 Å². The Kier molecular flexibility index (Phi) is 3.17. The Hall–Kier alpha value is -0.730. The lowest BCUT2D eigenvalue weighted by molar-refractivity contribution is -0.117. The number of halogens is 2. The third-order valence-corrected chi connectivity index (χ3v) is 2.92. The fraction of sp³-hybridized carbons (Fsp3) is 0.364. The Bertz CT molecular complexity index is 390. The van der Waals surface area contributed by atoms with E-state index in [-0.39, 0.29) is 11.9 Å². The molecule has 2 rings (SSSR count). The van der Waals surface area contributed by atoms with Crippen LogP contribution in [-0.2, 0) is 4.79 Å². The SMILES string of the molecule is O=C1CCC(Oc2ccc(Cl)cc2Cl)C1. The lowest BCUT2D eigenvalue weighted by Crippen LogP contribution is -2.12. The van der Waals surface area contributed by atoms with Gasteiger partial charge in [-0.05, 0) is 24.6 Å². The number of rotatable bonds is 2. The lowest BCUT2D eigenvalue weighted by Gasteiger charge is -2.13. The molecule has 1 aromatic carbocycles. The predicted octanol–water partition coefficient (Wildman–Crippen LogP) is 3.49. The predicted molar refractivity (Wildman–Crippen MR) is 59.7 cm³/mol. The van der Waals surface area contributed by atoms with Gasteiger partial charge in [0.2, 0.25) is 0 Å². The highest BCUT2D eigenvalue weighted by Gasteiger charge is 2.24. The average Bonchev–Trinajstić information content (AvgIpc) is 2.56. The van der Waals surface area contributed by atoms with E-state index in [0.717, 1.165) is 6.42 Å². The molecule has 0 heterocycles. The van der Waals surface area contributed by atoms with Gasteiger partial charge in [-0.1, -0.05) is 23.2 Å². The van der Waals surface area contributed by atoms with Crippen molar-refractivity contribution in [1.29, 1.82) is 0 Å². The quantitative estimate of drug-likeness (QED) is 0.797. The molecule has 1 aliphatic rings. The Morgan fingerprint density at radius 1 is 1.33 bits per heavy atom. The van der Waals surface area contributed by atoms with Gasteiger partial charge in [-0.15, -0.1) is 0 Å². The van der Waals surface area contributed by atoms with Gasteiger partial charge >= 0.3 is 0 Å². The summed E-state index contributed by atoms with van der Waals surface area (Å²) < 4.78 is 5.62. The van der Waals surface area contributed by atoms with Crippen molar-refractivity contribution in [3.63, 3.8) is 0 Å². The van der Waals surface area contributed by atoms with Crippen LogP contribution in [0, 0.1) is 0 Å². The minimum atomic E-state index is -0.0313. The fourth-order valence-corrected chi connectivity index (χ4v) is 2.08. The van der Waals surface area contributed by atoms with Gasteiger partial charge in [-0.25, -0.2) is 0 Å². The summed E-state index contributed by atoms with van der Waals surface area (Å²) in [7, 11) is 0. The Morgan fingerprint density at radius 2 is 2.13 bits per heavy atom. The summed E-state index contributed by atoms with van der Waals surface area (Å²) in [5, 5.41) is 1.07. The summed E-state index contributed by atoms with van der Waals surface area (Å²) in [6.07, 6.45) is 1.84. The van der Waals surface area contributed by atoms with E-state index < -0.39 is 0 Å². The maximum atomic E-state index is 11.0. The molecular weight excluding hydrogens is 235 g/mol. The molecule has 80 valence electrons. The van der Waals surface area contributed by atoms with Crippen LogP contribution in [0.2, 0.25) is 10.0 Å². The molecule has 2 nitrogen and oxygen atoms in total. The number of hydrogen-bond acceptors (Lipinski definition) is 2. The molecule has 0 N–H and O–H groups in total. The monoisotopic (exact) mass is 244 g/mol. The van der Waals surface area contributed by atoms with Crippen molar-refractivity contribution in [2.75, 3.05) is 0 Å². The number of carbonyl (C=O) groups is 1. The van der Waals surface area contributed by atoms with Crippen molar-refractivity contribution in [2.24, 2.45) is 0 Å². The maximum Gasteiger partial charge on any atom is 0.138 e. The first kappa shape index (κ1) is 10.8. The third kappa shape index (κ3) is 2.64. The summed E-state index contributed by atoms with van der Waals surface area (Å²) in [5.74, 6) is 0.853. The molecule has 1 aliphatic carbocycles. The van der Waals surface area contributed by atoms with Gasteiger partial charge in [0.25, 0.3) is 0 Å². The number of Topliss-reactive ketones (excluding diaryl/α,β-unsaturated/α-hetero) is 1. The molecule has 0 amide bonds. The number of hydrogen-bond donors (Lipinski definition) is 0. The zero-order valence-corrected chi connectivity index (χ0v) is 9.52. The molecule has 1 aromatic rings. The standard InChI is InChI=1S/C11H10Cl2O2/c12-7-1-4-11(10(13)5-7)15-9-3-2-8(14)6-9/h1,4-5,9H,2-3,6H2. The third-order valence-electron chi connectivity index (χ3n) is 2.39. The smallest absolute Gasteiger partial charge is 0.138 e.